The lowest BCUT2D eigenvalue weighted by atomic mass is 9.80. The number of benzene rings is 1. The molecule has 2 rings (SSSR count). The van der Waals surface area contributed by atoms with Gasteiger partial charge < -0.3 is 5.32 Å². The topological polar surface area (TPSA) is 59.6 Å². The number of rotatable bonds is 3. The monoisotopic (exact) mass is 301 g/mol. The van der Waals surface area contributed by atoms with Crippen molar-refractivity contribution >= 4 is 0 Å². The summed E-state index contributed by atoms with van der Waals surface area (Å²) in [4.78, 5) is 0. The minimum absolute atomic E-state index is 0. The van der Waals surface area contributed by atoms with Crippen LogP contribution in [0.15, 0.2) is 30.3 Å². The first-order chi connectivity index (χ1) is 10.2. The van der Waals surface area contributed by atoms with Crippen molar-refractivity contribution in [3.05, 3.63) is 35.9 Å². The van der Waals surface area contributed by atoms with E-state index in [0.29, 0.717) is 12.8 Å². The molecule has 1 aliphatic rings. The number of nitriles is 2. The number of nitrogens with one attached hydrogen (secondary N) is 1. The average Bonchev–Trinajstić information content (AvgIpc) is 3.15. The third-order valence-corrected chi connectivity index (χ3v) is 3.35. The molecule has 1 fully saturated rings. The van der Waals surface area contributed by atoms with Crippen LogP contribution in [-0.4, -0.2) is 13.1 Å². The van der Waals surface area contributed by atoms with Crippen molar-refractivity contribution in [2.24, 2.45) is 0 Å². The van der Waals surface area contributed by atoms with Crippen LogP contribution in [0.2, 0.25) is 0 Å². The maximum atomic E-state index is 9.11. The minimum atomic E-state index is -0.531. The molecular formula is C19H31N3. The lowest BCUT2D eigenvalue weighted by Crippen LogP contribution is -2.18. The highest BCUT2D eigenvalue weighted by molar-refractivity contribution is 5.31. The normalized spacial score (nSPS) is 14.4. The predicted octanol–water partition coefficient (Wildman–Crippen LogP) is 4.80. The molecule has 3 heteroatoms. The van der Waals surface area contributed by atoms with Crippen molar-refractivity contribution in [2.45, 2.75) is 59.3 Å². The van der Waals surface area contributed by atoms with Crippen LogP contribution >= 0.6 is 0 Å². The Morgan fingerprint density at radius 2 is 1.64 bits per heavy atom. The molecular weight excluding hydrogens is 270 g/mol. The lowest BCUT2D eigenvalue weighted by molar-refractivity contribution is 0.562. The van der Waals surface area contributed by atoms with E-state index in [1.54, 1.807) is 0 Å². The summed E-state index contributed by atoms with van der Waals surface area (Å²) >= 11 is 0. The molecule has 1 saturated heterocycles. The van der Waals surface area contributed by atoms with E-state index in [1.807, 2.05) is 51.1 Å². The van der Waals surface area contributed by atoms with Crippen molar-refractivity contribution in [3.8, 4) is 12.1 Å². The molecule has 0 spiro atoms. The summed E-state index contributed by atoms with van der Waals surface area (Å²) in [7, 11) is 0. The highest BCUT2D eigenvalue weighted by Gasteiger charge is 2.25. The van der Waals surface area contributed by atoms with Gasteiger partial charge in [0.05, 0.1) is 17.6 Å². The Bertz CT molecular complexity index is 430. The van der Waals surface area contributed by atoms with Gasteiger partial charge in [0, 0.05) is 6.42 Å². The van der Waals surface area contributed by atoms with Gasteiger partial charge in [-0.25, -0.2) is 0 Å². The first-order valence-electron chi connectivity index (χ1n) is 7.77. The molecule has 1 aromatic carbocycles. The predicted molar refractivity (Wildman–Crippen MR) is 94.4 cm³/mol. The minimum Gasteiger partial charge on any atom is -0.317 e. The van der Waals surface area contributed by atoms with Crippen molar-refractivity contribution in [1.29, 1.82) is 10.5 Å². The molecule has 1 N–H and O–H groups in total. The standard InChI is InChI=1S/C12H12N2.C4H9N.C2H6.CH4/c1-12(10-14,8-5-9-13)11-6-3-2-4-7-11;1-2-4-5-3-1;1-2;/h2-4,6-7H,5,8H2,1H3;5H,1-4H2;1-2H3;1H4/t12-;;;/m0.../s1. The van der Waals surface area contributed by atoms with Gasteiger partial charge in [-0.2, -0.15) is 10.5 Å². The maximum Gasteiger partial charge on any atom is 0.0804 e. The van der Waals surface area contributed by atoms with Crippen LogP contribution in [0.1, 0.15) is 59.4 Å². The van der Waals surface area contributed by atoms with Gasteiger partial charge in [0.1, 0.15) is 0 Å². The third-order valence-electron chi connectivity index (χ3n) is 3.35. The van der Waals surface area contributed by atoms with Crippen LogP contribution in [0.25, 0.3) is 0 Å². The van der Waals surface area contributed by atoms with Crippen LogP contribution < -0.4 is 5.32 Å². The first-order valence-corrected chi connectivity index (χ1v) is 7.77. The quantitative estimate of drug-likeness (QED) is 0.872. The Balaban J connectivity index is 0. The molecule has 3 nitrogen and oxygen atoms in total. The molecule has 1 aliphatic heterocycles. The van der Waals surface area contributed by atoms with Crippen LogP contribution in [0.5, 0.6) is 0 Å². The van der Waals surface area contributed by atoms with E-state index in [0.717, 1.165) is 5.56 Å². The van der Waals surface area contributed by atoms with Gasteiger partial charge in [-0.1, -0.05) is 51.6 Å². The molecule has 0 aliphatic carbocycles. The van der Waals surface area contributed by atoms with Crippen LogP contribution in [0.3, 0.4) is 0 Å². The summed E-state index contributed by atoms with van der Waals surface area (Å²) in [6.07, 6.45) is 3.78. The van der Waals surface area contributed by atoms with Gasteiger partial charge in [-0.05, 0) is 44.8 Å². The van der Waals surface area contributed by atoms with Gasteiger partial charge in [-0.3, -0.25) is 0 Å². The fourth-order valence-electron chi connectivity index (χ4n) is 2.00. The Hall–Kier alpha value is -1.84. The molecule has 0 radical (unpaired) electrons. The van der Waals surface area contributed by atoms with E-state index in [9.17, 15) is 0 Å². The van der Waals surface area contributed by atoms with Gasteiger partial charge >= 0.3 is 0 Å². The van der Waals surface area contributed by atoms with Gasteiger partial charge in [0.15, 0.2) is 0 Å². The Morgan fingerprint density at radius 1 is 1.09 bits per heavy atom. The lowest BCUT2D eigenvalue weighted by Gasteiger charge is -2.20. The van der Waals surface area contributed by atoms with Gasteiger partial charge in [0.2, 0.25) is 0 Å². The fraction of sp³-hybridized carbons (Fsp3) is 0.579. The summed E-state index contributed by atoms with van der Waals surface area (Å²) in [5.41, 5.74) is 0.453. The second-order valence-electron chi connectivity index (χ2n) is 4.93. The van der Waals surface area contributed by atoms with E-state index in [-0.39, 0.29) is 7.43 Å². The number of nitrogens with zero attached hydrogens (tertiary/aromatic N) is 2. The molecule has 0 unspecified atom stereocenters. The van der Waals surface area contributed by atoms with E-state index in [2.05, 4.69) is 17.5 Å². The summed E-state index contributed by atoms with van der Waals surface area (Å²) in [6, 6.07) is 14.0. The van der Waals surface area contributed by atoms with Crippen molar-refractivity contribution in [3.63, 3.8) is 0 Å². The van der Waals surface area contributed by atoms with E-state index < -0.39 is 5.41 Å². The molecule has 1 aromatic rings. The largest absolute Gasteiger partial charge is 0.317 e. The van der Waals surface area contributed by atoms with E-state index in [1.165, 1.54) is 25.9 Å². The summed E-state index contributed by atoms with van der Waals surface area (Å²) in [5, 5.41) is 20.8. The second-order valence-corrected chi connectivity index (χ2v) is 4.93. The highest BCUT2D eigenvalue weighted by atomic mass is 14.9. The van der Waals surface area contributed by atoms with E-state index in [4.69, 9.17) is 10.5 Å². The smallest absolute Gasteiger partial charge is 0.0804 e. The van der Waals surface area contributed by atoms with Crippen molar-refractivity contribution < 1.29 is 0 Å². The molecule has 22 heavy (non-hydrogen) atoms. The molecule has 1 heterocycles. The van der Waals surface area contributed by atoms with Crippen LogP contribution in [0, 0.1) is 22.7 Å². The maximum absolute atomic E-state index is 9.11. The Morgan fingerprint density at radius 3 is 2.00 bits per heavy atom. The summed E-state index contributed by atoms with van der Waals surface area (Å²) < 4.78 is 0. The van der Waals surface area contributed by atoms with E-state index >= 15 is 0 Å². The van der Waals surface area contributed by atoms with Crippen LogP contribution in [0.4, 0.5) is 0 Å². The van der Waals surface area contributed by atoms with Crippen molar-refractivity contribution in [2.75, 3.05) is 13.1 Å². The molecule has 0 saturated carbocycles. The average molecular weight is 301 g/mol. The Labute approximate surface area is 137 Å². The molecule has 0 amide bonds. The zero-order valence-electron chi connectivity index (χ0n) is 13.5. The van der Waals surface area contributed by atoms with Gasteiger partial charge in [-0.15, -0.1) is 0 Å². The third kappa shape index (κ3) is 8.45. The summed E-state index contributed by atoms with van der Waals surface area (Å²) in [5.74, 6) is 0. The van der Waals surface area contributed by atoms with Gasteiger partial charge in [0.25, 0.3) is 0 Å². The molecule has 122 valence electrons. The second kappa shape index (κ2) is 14.1. The fourth-order valence-corrected chi connectivity index (χ4v) is 2.00. The molecule has 1 atom stereocenters. The SMILES string of the molecule is C.C1CCNC1.CC.C[C@@](C#N)(CCC#N)c1ccccc1. The number of hydrogen-bond acceptors (Lipinski definition) is 3. The van der Waals surface area contributed by atoms with Crippen LogP contribution in [-0.2, 0) is 5.41 Å². The zero-order chi connectivity index (χ0) is 16.0. The van der Waals surface area contributed by atoms with Crippen molar-refractivity contribution in [1.82, 2.24) is 5.32 Å². The summed E-state index contributed by atoms with van der Waals surface area (Å²) in [6.45, 7) is 8.37. The highest BCUT2D eigenvalue weighted by Crippen LogP contribution is 2.27. The zero-order valence-corrected chi connectivity index (χ0v) is 13.5. The first kappa shape index (κ1) is 22.4. The Kier molecular flexibility index (Phi) is 14.4. The molecule has 0 bridgehead atoms. The number of hydrogen-bond donors (Lipinski definition) is 1. The molecule has 0 aromatic heterocycles.